The van der Waals surface area contributed by atoms with Crippen LogP contribution in [0.5, 0.6) is 0 Å². The molecule has 0 saturated carbocycles. The zero-order valence-corrected chi connectivity index (χ0v) is 6.01. The molecule has 4 nitrogen and oxygen atoms in total. The number of hydrazine groups is 1. The van der Waals surface area contributed by atoms with Crippen molar-refractivity contribution < 1.29 is 4.79 Å². The Hall–Kier alpha value is -0.610. The quantitative estimate of drug-likeness (QED) is 0.469. The second-order valence-electron chi connectivity index (χ2n) is 2.16. The molecule has 1 atom stereocenters. The lowest BCUT2D eigenvalue weighted by molar-refractivity contribution is -0.125. The minimum absolute atomic E-state index is 0.167. The molecule has 0 aromatic carbocycles. The maximum atomic E-state index is 10.7. The zero-order chi connectivity index (χ0) is 7.44. The first-order chi connectivity index (χ1) is 4.04. The molecule has 9 heavy (non-hydrogen) atoms. The lowest BCUT2D eigenvalue weighted by atomic mass is 10.3. The highest BCUT2D eigenvalue weighted by Crippen LogP contribution is 1.74. The fourth-order valence-electron chi connectivity index (χ4n) is 0.322. The van der Waals surface area contributed by atoms with Crippen LogP contribution in [0.25, 0.3) is 0 Å². The number of nitrogens with zero attached hydrogens (tertiary/aromatic N) is 1. The highest BCUT2D eigenvalue weighted by Gasteiger charge is 2.05. The van der Waals surface area contributed by atoms with Gasteiger partial charge in [-0.1, -0.05) is 0 Å². The Morgan fingerprint density at radius 3 is 2.22 bits per heavy atom. The molecule has 0 aromatic rings. The van der Waals surface area contributed by atoms with Crippen LogP contribution < -0.4 is 11.2 Å². The summed E-state index contributed by atoms with van der Waals surface area (Å²) in [7, 11) is 3.47. The smallest absolute Gasteiger partial charge is 0.250 e. The van der Waals surface area contributed by atoms with Gasteiger partial charge in [0.05, 0.1) is 6.04 Å². The third kappa shape index (κ3) is 3.93. The van der Waals surface area contributed by atoms with E-state index in [2.05, 4.69) is 5.43 Å². The summed E-state index contributed by atoms with van der Waals surface area (Å²) < 4.78 is 0. The topological polar surface area (TPSA) is 58.4 Å². The molecule has 54 valence electrons. The monoisotopic (exact) mass is 131 g/mol. The van der Waals surface area contributed by atoms with Crippen LogP contribution in [0.1, 0.15) is 6.92 Å². The van der Waals surface area contributed by atoms with E-state index in [4.69, 9.17) is 5.73 Å². The van der Waals surface area contributed by atoms with Crippen LogP contribution in [0.2, 0.25) is 0 Å². The summed E-state index contributed by atoms with van der Waals surface area (Å²) in [6, 6.07) is -0.438. The molecule has 0 radical (unpaired) electrons. The van der Waals surface area contributed by atoms with Crippen LogP contribution in [0.3, 0.4) is 0 Å². The van der Waals surface area contributed by atoms with E-state index in [1.807, 2.05) is 0 Å². The van der Waals surface area contributed by atoms with Crippen molar-refractivity contribution in [3.05, 3.63) is 0 Å². The maximum absolute atomic E-state index is 10.7. The molecule has 0 rings (SSSR count). The Balaban J connectivity index is 3.51. The van der Waals surface area contributed by atoms with Gasteiger partial charge in [-0.15, -0.1) is 0 Å². The summed E-state index contributed by atoms with van der Waals surface area (Å²) in [6.45, 7) is 1.64. The summed E-state index contributed by atoms with van der Waals surface area (Å²) in [5, 5.41) is 1.56. The van der Waals surface area contributed by atoms with Crippen molar-refractivity contribution in [2.45, 2.75) is 13.0 Å². The van der Waals surface area contributed by atoms with Crippen LogP contribution >= 0.6 is 0 Å². The molecule has 0 spiro atoms. The number of amides is 1. The van der Waals surface area contributed by atoms with E-state index in [1.165, 1.54) is 0 Å². The molecule has 1 unspecified atom stereocenters. The molecule has 0 fully saturated rings. The average molecular weight is 131 g/mol. The fraction of sp³-hybridized carbons (Fsp3) is 0.800. The Morgan fingerprint density at radius 2 is 2.11 bits per heavy atom. The van der Waals surface area contributed by atoms with E-state index in [-0.39, 0.29) is 5.91 Å². The van der Waals surface area contributed by atoms with Crippen molar-refractivity contribution in [3.8, 4) is 0 Å². The largest absolute Gasteiger partial charge is 0.320 e. The summed E-state index contributed by atoms with van der Waals surface area (Å²) in [6.07, 6.45) is 0. The molecule has 0 aliphatic heterocycles. The van der Waals surface area contributed by atoms with Gasteiger partial charge in [-0.25, -0.2) is 5.01 Å². The predicted molar refractivity (Wildman–Crippen MR) is 35.5 cm³/mol. The molecule has 4 heteroatoms. The molecular formula is C5H13N3O. The molecule has 0 heterocycles. The van der Waals surface area contributed by atoms with Gasteiger partial charge >= 0.3 is 0 Å². The summed E-state index contributed by atoms with van der Waals surface area (Å²) in [4.78, 5) is 10.7. The van der Waals surface area contributed by atoms with Crippen LogP contribution in [0.15, 0.2) is 0 Å². The van der Waals surface area contributed by atoms with E-state index >= 15 is 0 Å². The zero-order valence-electron chi connectivity index (χ0n) is 6.01. The standard InChI is InChI=1S/C5H13N3O/c1-4(6)5(9)7-8(2)3/h4H,6H2,1-3H3,(H,7,9). The fourth-order valence-corrected chi connectivity index (χ4v) is 0.322. The van der Waals surface area contributed by atoms with Crippen LogP contribution in [-0.2, 0) is 4.79 Å². The van der Waals surface area contributed by atoms with Gasteiger partial charge in [0.25, 0.3) is 5.91 Å². The third-order valence-corrected chi connectivity index (χ3v) is 0.747. The highest BCUT2D eigenvalue weighted by molar-refractivity contribution is 5.80. The molecule has 0 aliphatic carbocycles. The Kier molecular flexibility index (Phi) is 3.19. The number of hydrogen-bond acceptors (Lipinski definition) is 3. The minimum atomic E-state index is -0.438. The van der Waals surface area contributed by atoms with Gasteiger partial charge in [-0.2, -0.15) is 0 Å². The van der Waals surface area contributed by atoms with E-state index in [9.17, 15) is 4.79 Å². The van der Waals surface area contributed by atoms with Gasteiger partial charge in [0.1, 0.15) is 0 Å². The lowest BCUT2D eigenvalue weighted by Crippen LogP contribution is -2.44. The van der Waals surface area contributed by atoms with Crippen molar-refractivity contribution in [2.75, 3.05) is 14.1 Å². The van der Waals surface area contributed by atoms with Gasteiger partial charge < -0.3 is 5.73 Å². The molecule has 0 aliphatic rings. The Labute approximate surface area is 55.0 Å². The third-order valence-electron chi connectivity index (χ3n) is 0.747. The summed E-state index contributed by atoms with van der Waals surface area (Å²) in [5.74, 6) is -0.167. The first kappa shape index (κ1) is 8.39. The van der Waals surface area contributed by atoms with E-state index in [0.717, 1.165) is 0 Å². The van der Waals surface area contributed by atoms with Crippen LogP contribution in [-0.4, -0.2) is 31.1 Å². The number of carbonyl (C=O) groups excluding carboxylic acids is 1. The lowest BCUT2D eigenvalue weighted by Gasteiger charge is -2.12. The number of hydrogen-bond donors (Lipinski definition) is 2. The van der Waals surface area contributed by atoms with Crippen LogP contribution in [0.4, 0.5) is 0 Å². The van der Waals surface area contributed by atoms with E-state index < -0.39 is 6.04 Å². The Bertz CT molecular complexity index is 100. The van der Waals surface area contributed by atoms with Crippen molar-refractivity contribution in [3.63, 3.8) is 0 Å². The van der Waals surface area contributed by atoms with Gasteiger partial charge in [0, 0.05) is 14.1 Å². The first-order valence-corrected chi connectivity index (χ1v) is 2.77. The number of nitrogens with one attached hydrogen (secondary N) is 1. The van der Waals surface area contributed by atoms with Gasteiger partial charge in [-0.05, 0) is 6.92 Å². The van der Waals surface area contributed by atoms with Crippen molar-refractivity contribution >= 4 is 5.91 Å². The van der Waals surface area contributed by atoms with Crippen molar-refractivity contribution in [2.24, 2.45) is 5.73 Å². The number of carbonyl (C=O) groups is 1. The molecule has 1 amide bonds. The molecule has 0 bridgehead atoms. The highest BCUT2D eigenvalue weighted by atomic mass is 16.2. The minimum Gasteiger partial charge on any atom is -0.320 e. The molecule has 0 saturated heterocycles. The van der Waals surface area contributed by atoms with Crippen molar-refractivity contribution in [1.29, 1.82) is 0 Å². The van der Waals surface area contributed by atoms with E-state index in [0.29, 0.717) is 0 Å². The SMILES string of the molecule is CC(N)C(=O)NN(C)C. The first-order valence-electron chi connectivity index (χ1n) is 2.77. The van der Waals surface area contributed by atoms with Crippen LogP contribution in [0, 0.1) is 0 Å². The summed E-state index contributed by atoms with van der Waals surface area (Å²) >= 11 is 0. The van der Waals surface area contributed by atoms with Gasteiger partial charge in [0.2, 0.25) is 0 Å². The summed E-state index contributed by atoms with van der Waals surface area (Å²) in [5.41, 5.74) is 7.76. The molecule has 3 N–H and O–H groups in total. The van der Waals surface area contributed by atoms with Gasteiger partial charge in [-0.3, -0.25) is 10.2 Å². The Morgan fingerprint density at radius 1 is 1.67 bits per heavy atom. The predicted octanol–water partition coefficient (Wildman–Crippen LogP) is -1.07. The van der Waals surface area contributed by atoms with Crippen molar-refractivity contribution in [1.82, 2.24) is 10.4 Å². The molecular weight excluding hydrogens is 118 g/mol. The number of rotatable bonds is 2. The van der Waals surface area contributed by atoms with Gasteiger partial charge in [0.15, 0.2) is 0 Å². The number of nitrogens with two attached hydrogens (primary N) is 1. The maximum Gasteiger partial charge on any atom is 0.250 e. The van der Waals surface area contributed by atoms with E-state index in [1.54, 1.807) is 26.0 Å². The molecule has 0 aromatic heterocycles. The second-order valence-corrected chi connectivity index (χ2v) is 2.16. The average Bonchev–Trinajstić information content (AvgIpc) is 1.63. The second kappa shape index (κ2) is 3.42. The normalized spacial score (nSPS) is 13.4.